The van der Waals surface area contributed by atoms with Crippen LogP contribution in [0.25, 0.3) is 0 Å². The van der Waals surface area contributed by atoms with Crippen molar-refractivity contribution in [2.24, 2.45) is 5.41 Å². The van der Waals surface area contributed by atoms with E-state index in [-0.39, 0.29) is 5.97 Å². The SMILES string of the molecule is CCC[CH2][Sn]([CH2]CCC)([CH2]CCC)[C]1=C2COC(=O)[C@]2(C)CCC1=O. The zero-order valence-corrected chi connectivity index (χ0v) is 19.6. The Balaban J connectivity index is 2.55. The van der Waals surface area contributed by atoms with Crippen LogP contribution >= 0.6 is 0 Å². The minimum absolute atomic E-state index is 0.0887. The third-order valence-corrected chi connectivity index (χ3v) is 22.4. The van der Waals surface area contributed by atoms with Gasteiger partial charge in [-0.1, -0.05) is 0 Å². The Morgan fingerprint density at radius 1 is 0.960 bits per heavy atom. The van der Waals surface area contributed by atoms with E-state index >= 15 is 0 Å². The van der Waals surface area contributed by atoms with Crippen molar-refractivity contribution in [1.82, 2.24) is 0 Å². The van der Waals surface area contributed by atoms with Gasteiger partial charge in [-0.05, 0) is 0 Å². The van der Waals surface area contributed by atoms with E-state index in [0.29, 0.717) is 25.2 Å². The molecular formula is C21H36O3Sn. The zero-order chi connectivity index (χ0) is 18.5. The van der Waals surface area contributed by atoms with E-state index in [0.717, 1.165) is 5.57 Å². The average molecular weight is 455 g/mol. The molecule has 1 fully saturated rings. The van der Waals surface area contributed by atoms with Gasteiger partial charge >= 0.3 is 158 Å². The summed E-state index contributed by atoms with van der Waals surface area (Å²) in [7, 11) is 0. The molecule has 0 bridgehead atoms. The number of fused-ring (bicyclic) bond motifs is 1. The Morgan fingerprint density at radius 2 is 1.48 bits per heavy atom. The molecule has 2 rings (SSSR count). The topological polar surface area (TPSA) is 43.4 Å². The van der Waals surface area contributed by atoms with Gasteiger partial charge < -0.3 is 0 Å². The normalized spacial score (nSPS) is 23.8. The molecule has 0 spiro atoms. The van der Waals surface area contributed by atoms with Crippen LogP contribution in [0.1, 0.15) is 79.1 Å². The fourth-order valence-electron chi connectivity index (χ4n) is 4.75. The van der Waals surface area contributed by atoms with E-state index in [2.05, 4.69) is 20.8 Å². The van der Waals surface area contributed by atoms with Crippen LogP contribution in [0.5, 0.6) is 0 Å². The third kappa shape index (κ3) is 4.17. The van der Waals surface area contributed by atoms with E-state index in [4.69, 9.17) is 4.74 Å². The molecule has 1 saturated heterocycles. The van der Waals surface area contributed by atoms with Gasteiger partial charge in [0.15, 0.2) is 0 Å². The van der Waals surface area contributed by atoms with Crippen LogP contribution < -0.4 is 0 Å². The molecule has 0 N–H and O–H groups in total. The van der Waals surface area contributed by atoms with Gasteiger partial charge in [0.05, 0.1) is 0 Å². The van der Waals surface area contributed by atoms with Gasteiger partial charge in [-0.3, -0.25) is 0 Å². The van der Waals surface area contributed by atoms with Crippen molar-refractivity contribution in [3.63, 3.8) is 0 Å². The third-order valence-electron chi connectivity index (χ3n) is 6.45. The summed E-state index contributed by atoms with van der Waals surface area (Å²) in [5.74, 6) is 0.291. The first-order valence-corrected chi connectivity index (χ1v) is 17.9. The molecule has 0 aromatic carbocycles. The number of ether oxygens (including phenoxy) is 1. The summed E-state index contributed by atoms with van der Waals surface area (Å²) in [6.45, 7) is 9.18. The maximum absolute atomic E-state index is 13.1. The summed E-state index contributed by atoms with van der Waals surface area (Å²) >= 11 is -2.82. The molecule has 4 heteroatoms. The van der Waals surface area contributed by atoms with Crippen LogP contribution in [0.15, 0.2) is 9.16 Å². The van der Waals surface area contributed by atoms with E-state index in [1.54, 1.807) is 0 Å². The quantitative estimate of drug-likeness (QED) is 0.318. The second-order valence-electron chi connectivity index (χ2n) is 8.28. The molecule has 1 aliphatic heterocycles. The summed E-state index contributed by atoms with van der Waals surface area (Å²) in [4.78, 5) is 25.6. The maximum atomic E-state index is 13.1. The summed E-state index contributed by atoms with van der Waals surface area (Å²) < 4.78 is 10.5. The van der Waals surface area contributed by atoms with Gasteiger partial charge in [-0.2, -0.15) is 0 Å². The molecule has 0 saturated carbocycles. The molecule has 3 nitrogen and oxygen atoms in total. The molecule has 0 amide bonds. The first-order chi connectivity index (χ1) is 11.9. The standard InChI is InChI=1S/C9H9O3.3C4H9.Sn/c1-9-3-2-7(10)4-6(9)5-12-8(9)11;3*1-3-4-2;/h2-3,5H2,1H3;3*1,3-4H2,2H3;/t9-;;;;/m1..../s1. The molecule has 0 radical (unpaired) electrons. The fraction of sp³-hybridized carbons (Fsp3) is 0.810. The summed E-state index contributed by atoms with van der Waals surface area (Å²) in [6, 6.07) is 0. The number of rotatable bonds is 10. The number of allylic oxidation sites excluding steroid dienone is 1. The van der Waals surface area contributed by atoms with Crippen molar-refractivity contribution in [1.29, 1.82) is 0 Å². The Bertz CT molecular complexity index is 515. The van der Waals surface area contributed by atoms with E-state index in [1.807, 2.05) is 6.92 Å². The average Bonchev–Trinajstić information content (AvgIpc) is 2.91. The molecule has 0 unspecified atom stereocenters. The van der Waals surface area contributed by atoms with Crippen LogP contribution in [0.4, 0.5) is 0 Å². The van der Waals surface area contributed by atoms with Crippen molar-refractivity contribution in [2.45, 2.75) is 92.4 Å². The Kier molecular flexibility index (Phi) is 7.60. The number of carbonyl (C=O) groups excluding carboxylic acids is 2. The number of cyclic esters (lactones) is 1. The molecule has 1 aliphatic carbocycles. The monoisotopic (exact) mass is 456 g/mol. The molecule has 0 aromatic rings. The van der Waals surface area contributed by atoms with Crippen LogP contribution in [0.2, 0.25) is 13.3 Å². The Labute approximate surface area is 157 Å². The molecule has 25 heavy (non-hydrogen) atoms. The van der Waals surface area contributed by atoms with Crippen LogP contribution in [-0.4, -0.2) is 36.7 Å². The van der Waals surface area contributed by atoms with Gasteiger partial charge in [0.25, 0.3) is 0 Å². The Morgan fingerprint density at radius 3 is 1.96 bits per heavy atom. The fourth-order valence-corrected chi connectivity index (χ4v) is 22.7. The summed E-state index contributed by atoms with van der Waals surface area (Å²) in [5, 5.41) is 0. The van der Waals surface area contributed by atoms with Crippen molar-refractivity contribution in [2.75, 3.05) is 6.61 Å². The number of ketones is 1. The Hall–Kier alpha value is -0.321. The molecule has 0 aromatic heterocycles. The number of Topliss-reactive ketones (excluding diaryl/α,β-unsaturated/α-hetero) is 1. The molecule has 2 aliphatic rings. The zero-order valence-electron chi connectivity index (χ0n) is 16.7. The van der Waals surface area contributed by atoms with Crippen LogP contribution in [0.3, 0.4) is 0 Å². The van der Waals surface area contributed by atoms with E-state index in [1.165, 1.54) is 55.4 Å². The number of carbonyl (C=O) groups is 2. The van der Waals surface area contributed by atoms with Crippen molar-refractivity contribution in [3.8, 4) is 0 Å². The predicted octanol–water partition coefficient (Wildman–Crippen LogP) is 5.60. The molecule has 142 valence electrons. The van der Waals surface area contributed by atoms with Crippen LogP contribution in [-0.2, 0) is 14.3 Å². The van der Waals surface area contributed by atoms with Gasteiger partial charge in [0.1, 0.15) is 0 Å². The molecule has 1 heterocycles. The van der Waals surface area contributed by atoms with Crippen molar-refractivity contribution in [3.05, 3.63) is 9.16 Å². The first kappa shape index (κ1) is 21.0. The van der Waals surface area contributed by atoms with Gasteiger partial charge in [-0.15, -0.1) is 0 Å². The van der Waals surface area contributed by atoms with Gasteiger partial charge in [0.2, 0.25) is 0 Å². The summed E-state index contributed by atoms with van der Waals surface area (Å²) in [5.41, 5.74) is 0.614. The molecular weight excluding hydrogens is 419 g/mol. The second kappa shape index (κ2) is 9.05. The predicted molar refractivity (Wildman–Crippen MR) is 105 cm³/mol. The van der Waals surface area contributed by atoms with Gasteiger partial charge in [0, 0.05) is 0 Å². The van der Waals surface area contributed by atoms with E-state index < -0.39 is 23.8 Å². The van der Waals surface area contributed by atoms with Gasteiger partial charge in [-0.25, -0.2) is 0 Å². The molecule has 1 atom stereocenters. The van der Waals surface area contributed by atoms with Crippen molar-refractivity contribution >= 4 is 30.1 Å². The van der Waals surface area contributed by atoms with Crippen molar-refractivity contribution < 1.29 is 14.3 Å². The van der Waals surface area contributed by atoms with Crippen LogP contribution in [0, 0.1) is 5.41 Å². The number of hydrogen-bond acceptors (Lipinski definition) is 3. The summed E-state index contributed by atoms with van der Waals surface area (Å²) in [6.07, 6.45) is 8.49. The second-order valence-corrected chi connectivity index (χ2v) is 21.3. The number of esters is 1. The number of hydrogen-bond donors (Lipinski definition) is 0. The van der Waals surface area contributed by atoms with E-state index in [9.17, 15) is 9.59 Å². The minimum atomic E-state index is -2.82. The number of unbranched alkanes of at least 4 members (excludes halogenated alkanes) is 3. The first-order valence-electron chi connectivity index (χ1n) is 10.4.